The fourth-order valence-corrected chi connectivity index (χ4v) is 4.83. The van der Waals surface area contributed by atoms with Gasteiger partial charge in [0.15, 0.2) is 6.61 Å². The van der Waals surface area contributed by atoms with Crippen LogP contribution in [0.5, 0.6) is 0 Å². The van der Waals surface area contributed by atoms with Crippen molar-refractivity contribution in [3.63, 3.8) is 0 Å². The Labute approximate surface area is 189 Å². The Kier molecular flexibility index (Phi) is 7.66. The van der Waals surface area contributed by atoms with Gasteiger partial charge in [-0.2, -0.15) is 5.26 Å². The lowest BCUT2D eigenvalue weighted by Gasteiger charge is -2.14. The quantitative estimate of drug-likeness (QED) is 0.504. The zero-order chi connectivity index (χ0) is 22.4. The lowest BCUT2D eigenvalue weighted by Crippen LogP contribution is -2.40. The van der Waals surface area contributed by atoms with E-state index in [-0.39, 0.29) is 10.6 Å². The number of hydrogen-bond donors (Lipinski definition) is 2. The summed E-state index contributed by atoms with van der Waals surface area (Å²) in [6.07, 6.45) is 4.97. The number of nitriles is 1. The minimum absolute atomic E-state index is 0.239. The molecule has 1 aliphatic carbocycles. The highest BCUT2D eigenvalue weighted by Crippen LogP contribution is 2.36. The van der Waals surface area contributed by atoms with Gasteiger partial charge >= 0.3 is 5.97 Å². The Hall–Kier alpha value is -2.89. The SMILES string of the molecule is C[C@H](NC(=O)c1ccccc1Cl)C(=O)OCC(=O)Nc1sc2c(c1C#N)CCCCC2. The average Bonchev–Trinajstić information content (AvgIpc) is 2.91. The summed E-state index contributed by atoms with van der Waals surface area (Å²) in [5.41, 5.74) is 1.76. The third-order valence-electron chi connectivity index (χ3n) is 4.95. The summed E-state index contributed by atoms with van der Waals surface area (Å²) in [7, 11) is 0. The van der Waals surface area contributed by atoms with Crippen LogP contribution in [0.25, 0.3) is 0 Å². The highest BCUT2D eigenvalue weighted by atomic mass is 35.5. The van der Waals surface area contributed by atoms with E-state index in [2.05, 4.69) is 16.7 Å². The predicted octanol–water partition coefficient (Wildman–Crippen LogP) is 3.84. The number of nitrogens with zero attached hydrogens (tertiary/aromatic N) is 1. The van der Waals surface area contributed by atoms with E-state index in [4.69, 9.17) is 16.3 Å². The van der Waals surface area contributed by atoms with E-state index >= 15 is 0 Å². The minimum atomic E-state index is -0.968. The first-order chi connectivity index (χ1) is 14.9. The topological polar surface area (TPSA) is 108 Å². The second-order valence-corrected chi connectivity index (χ2v) is 8.72. The molecule has 0 saturated carbocycles. The number of rotatable bonds is 6. The van der Waals surface area contributed by atoms with Gasteiger partial charge in [0.2, 0.25) is 0 Å². The van der Waals surface area contributed by atoms with Crippen LogP contribution in [-0.2, 0) is 27.2 Å². The zero-order valence-corrected chi connectivity index (χ0v) is 18.6. The fraction of sp³-hybridized carbons (Fsp3) is 0.364. The molecule has 1 aliphatic rings. The number of nitrogens with one attached hydrogen (secondary N) is 2. The van der Waals surface area contributed by atoms with Gasteiger partial charge in [-0.1, -0.05) is 30.2 Å². The van der Waals surface area contributed by atoms with E-state index in [0.717, 1.165) is 42.5 Å². The highest BCUT2D eigenvalue weighted by molar-refractivity contribution is 7.16. The van der Waals surface area contributed by atoms with E-state index in [1.807, 2.05) is 0 Å². The molecule has 162 valence electrons. The standard InChI is InChI=1S/C22H22ClN3O4S/c1-13(25-20(28)15-8-5-6-9-17(15)23)22(29)30-12-19(27)26-21-16(11-24)14-7-3-2-4-10-18(14)31-21/h5-6,8-9,13H,2-4,7,10,12H2,1H3,(H,25,28)(H,26,27)/t13-/m0/s1. The second-order valence-electron chi connectivity index (χ2n) is 7.21. The number of anilines is 1. The van der Waals surface area contributed by atoms with Gasteiger partial charge in [0.25, 0.3) is 11.8 Å². The van der Waals surface area contributed by atoms with Crippen molar-refractivity contribution in [2.24, 2.45) is 0 Å². The molecule has 0 bridgehead atoms. The van der Waals surface area contributed by atoms with Gasteiger partial charge in [0, 0.05) is 4.88 Å². The maximum absolute atomic E-state index is 12.3. The van der Waals surface area contributed by atoms with Gasteiger partial charge in [-0.25, -0.2) is 4.79 Å². The third kappa shape index (κ3) is 5.63. The molecule has 1 atom stereocenters. The molecule has 1 aromatic carbocycles. The van der Waals surface area contributed by atoms with Crippen LogP contribution < -0.4 is 10.6 Å². The summed E-state index contributed by atoms with van der Waals surface area (Å²) in [4.78, 5) is 37.8. The first-order valence-corrected chi connectivity index (χ1v) is 11.2. The van der Waals surface area contributed by atoms with Crippen molar-refractivity contribution >= 4 is 45.7 Å². The van der Waals surface area contributed by atoms with Gasteiger partial charge in [-0.15, -0.1) is 11.3 Å². The number of aryl methyl sites for hydroxylation is 1. The van der Waals surface area contributed by atoms with Crippen molar-refractivity contribution in [2.45, 2.75) is 45.1 Å². The largest absolute Gasteiger partial charge is 0.454 e. The lowest BCUT2D eigenvalue weighted by molar-refractivity contribution is -0.148. The number of halogens is 1. The van der Waals surface area contributed by atoms with E-state index in [9.17, 15) is 19.6 Å². The van der Waals surface area contributed by atoms with Gasteiger partial charge < -0.3 is 15.4 Å². The second kappa shape index (κ2) is 10.4. The maximum atomic E-state index is 12.3. The van der Waals surface area contributed by atoms with Crippen molar-refractivity contribution in [2.75, 3.05) is 11.9 Å². The number of carbonyl (C=O) groups is 3. The predicted molar refractivity (Wildman–Crippen MR) is 118 cm³/mol. The number of hydrogen-bond acceptors (Lipinski definition) is 6. The van der Waals surface area contributed by atoms with Crippen molar-refractivity contribution in [1.29, 1.82) is 5.26 Å². The molecule has 9 heteroatoms. The van der Waals surface area contributed by atoms with Gasteiger partial charge in [-0.3, -0.25) is 9.59 Å². The number of ether oxygens (including phenoxy) is 1. The summed E-state index contributed by atoms with van der Waals surface area (Å²) in [6.45, 7) is 0.942. The van der Waals surface area contributed by atoms with Crippen LogP contribution in [0.2, 0.25) is 5.02 Å². The average molecular weight is 460 g/mol. The number of esters is 1. The Bertz CT molecular complexity index is 1040. The Morgan fingerprint density at radius 1 is 1.23 bits per heavy atom. The molecule has 0 aliphatic heterocycles. The smallest absolute Gasteiger partial charge is 0.328 e. The summed E-state index contributed by atoms with van der Waals surface area (Å²) >= 11 is 7.39. The van der Waals surface area contributed by atoms with E-state index in [0.29, 0.717) is 10.6 Å². The van der Waals surface area contributed by atoms with E-state index in [1.165, 1.54) is 18.3 Å². The van der Waals surface area contributed by atoms with Crippen LogP contribution in [0.15, 0.2) is 24.3 Å². The lowest BCUT2D eigenvalue weighted by atomic mass is 10.1. The zero-order valence-electron chi connectivity index (χ0n) is 17.0. The van der Waals surface area contributed by atoms with Crippen molar-refractivity contribution < 1.29 is 19.1 Å². The molecule has 0 spiro atoms. The first kappa shape index (κ1) is 22.8. The maximum Gasteiger partial charge on any atom is 0.328 e. The summed E-state index contributed by atoms with van der Waals surface area (Å²) in [5, 5.41) is 15.5. The molecule has 0 unspecified atom stereocenters. The van der Waals surface area contributed by atoms with Crippen molar-refractivity contribution in [1.82, 2.24) is 5.32 Å². The van der Waals surface area contributed by atoms with Crippen LogP contribution in [-0.4, -0.2) is 30.4 Å². The van der Waals surface area contributed by atoms with Crippen molar-refractivity contribution in [3.05, 3.63) is 50.9 Å². The number of amides is 2. The molecule has 2 N–H and O–H groups in total. The molecule has 31 heavy (non-hydrogen) atoms. The molecular weight excluding hydrogens is 438 g/mol. The molecule has 1 heterocycles. The van der Waals surface area contributed by atoms with Crippen LogP contribution >= 0.6 is 22.9 Å². The van der Waals surface area contributed by atoms with E-state index < -0.39 is 30.4 Å². The highest BCUT2D eigenvalue weighted by Gasteiger charge is 2.23. The number of benzene rings is 1. The summed E-state index contributed by atoms with van der Waals surface area (Å²) in [6, 6.07) is 7.69. The normalized spacial score (nSPS) is 13.8. The molecule has 2 amide bonds. The molecule has 0 saturated heterocycles. The Morgan fingerprint density at radius 3 is 2.71 bits per heavy atom. The minimum Gasteiger partial charge on any atom is -0.454 e. The third-order valence-corrected chi connectivity index (χ3v) is 6.49. The molecule has 7 nitrogen and oxygen atoms in total. The number of thiophene rings is 1. The van der Waals surface area contributed by atoms with Crippen LogP contribution in [0.1, 0.15) is 52.5 Å². The fourth-order valence-electron chi connectivity index (χ4n) is 3.35. The van der Waals surface area contributed by atoms with E-state index in [1.54, 1.807) is 24.3 Å². The number of carbonyl (C=O) groups excluding carboxylic acids is 3. The molecule has 2 aromatic rings. The Morgan fingerprint density at radius 2 is 1.97 bits per heavy atom. The number of fused-ring (bicyclic) bond motifs is 1. The van der Waals surface area contributed by atoms with Gasteiger partial charge in [0.05, 0.1) is 16.1 Å². The van der Waals surface area contributed by atoms with Crippen LogP contribution in [0.3, 0.4) is 0 Å². The van der Waals surface area contributed by atoms with Gasteiger partial charge in [-0.05, 0) is 50.3 Å². The molecule has 1 aromatic heterocycles. The summed E-state index contributed by atoms with van der Waals surface area (Å²) in [5.74, 6) is -1.80. The molecule has 0 radical (unpaired) electrons. The monoisotopic (exact) mass is 459 g/mol. The molecular formula is C22H22ClN3O4S. The van der Waals surface area contributed by atoms with Crippen LogP contribution in [0.4, 0.5) is 5.00 Å². The summed E-state index contributed by atoms with van der Waals surface area (Å²) < 4.78 is 5.02. The molecule has 0 fully saturated rings. The van der Waals surface area contributed by atoms with Crippen LogP contribution in [0, 0.1) is 11.3 Å². The Balaban J connectivity index is 1.54. The molecule has 3 rings (SSSR count). The van der Waals surface area contributed by atoms with Gasteiger partial charge in [0.1, 0.15) is 17.1 Å². The van der Waals surface area contributed by atoms with Crippen molar-refractivity contribution in [3.8, 4) is 6.07 Å². The first-order valence-electron chi connectivity index (χ1n) is 9.97.